The second-order valence-corrected chi connectivity index (χ2v) is 7.00. The predicted molar refractivity (Wildman–Crippen MR) is 119 cm³/mol. The molecule has 0 saturated heterocycles. The molecule has 0 atom stereocenters. The monoisotopic (exact) mass is 426 g/mol. The van der Waals surface area contributed by atoms with E-state index in [1.807, 2.05) is 54.6 Å². The molecule has 0 bridgehead atoms. The maximum atomic E-state index is 13.0. The second-order valence-electron chi connectivity index (χ2n) is 6.63. The molecule has 1 aliphatic heterocycles. The maximum absolute atomic E-state index is 13.0. The molecule has 2 heterocycles. The molecule has 3 aromatic carbocycles. The van der Waals surface area contributed by atoms with E-state index in [9.17, 15) is 9.59 Å². The van der Waals surface area contributed by atoms with Crippen molar-refractivity contribution in [3.05, 3.63) is 65.5 Å². The Kier molecular flexibility index (Phi) is 5.57. The number of benzene rings is 3. The van der Waals surface area contributed by atoms with Crippen molar-refractivity contribution in [1.29, 1.82) is 0 Å². The number of aromatic amines is 1. The van der Waals surface area contributed by atoms with Crippen molar-refractivity contribution in [2.24, 2.45) is 0 Å². The molecule has 2 N–H and O–H groups in total. The number of hydrogen-bond donors (Lipinski definition) is 2. The number of anilines is 3. The molecule has 0 aliphatic carbocycles. The average Bonchev–Trinajstić information content (AvgIpc) is 3.10. The third-order valence-electron chi connectivity index (χ3n) is 4.79. The molecule has 0 unspecified atom stereocenters. The van der Waals surface area contributed by atoms with Crippen LogP contribution in [0.1, 0.15) is 6.42 Å². The van der Waals surface area contributed by atoms with Crippen LogP contribution in [-0.4, -0.2) is 51.5 Å². The number of carbonyl (C=O) groups excluding carboxylic acids is 2. The molecule has 30 heavy (non-hydrogen) atoms. The zero-order chi connectivity index (χ0) is 20.0. The van der Waals surface area contributed by atoms with Gasteiger partial charge in [-0.15, -0.1) is 0 Å². The summed E-state index contributed by atoms with van der Waals surface area (Å²) in [4.78, 5) is 29.9. The molecule has 7 nitrogen and oxygen atoms in total. The Balaban J connectivity index is 0.00000218. The molecule has 9 heteroatoms. The summed E-state index contributed by atoms with van der Waals surface area (Å²) in [6, 6.07) is 18.8. The summed E-state index contributed by atoms with van der Waals surface area (Å²) in [5, 5.41) is 8.65. The van der Waals surface area contributed by atoms with E-state index in [1.54, 1.807) is 11.0 Å². The van der Waals surface area contributed by atoms with Gasteiger partial charge < -0.3 is 9.84 Å². The Labute approximate surface area is 198 Å². The SMILES string of the molecule is O=C1CC(=O)N(c2cccc(-c3noc(=S)[nH]3)c2)c2ccc3ccccc3c2N1.[NaH]. The number of amides is 2. The van der Waals surface area contributed by atoms with Crippen molar-refractivity contribution in [2.45, 2.75) is 6.42 Å². The van der Waals surface area contributed by atoms with Gasteiger partial charge in [0.1, 0.15) is 6.42 Å². The van der Waals surface area contributed by atoms with Crippen LogP contribution in [0.4, 0.5) is 17.1 Å². The van der Waals surface area contributed by atoms with Crippen molar-refractivity contribution < 1.29 is 14.1 Å². The summed E-state index contributed by atoms with van der Waals surface area (Å²) in [7, 11) is 0. The van der Waals surface area contributed by atoms with E-state index < -0.39 is 0 Å². The van der Waals surface area contributed by atoms with Gasteiger partial charge in [-0.25, -0.2) is 0 Å². The first-order valence-electron chi connectivity index (χ1n) is 8.91. The molecule has 2 amide bonds. The molecule has 4 aromatic rings. The third-order valence-corrected chi connectivity index (χ3v) is 4.97. The van der Waals surface area contributed by atoms with Crippen molar-refractivity contribution >= 4 is 81.4 Å². The number of fused-ring (bicyclic) bond motifs is 3. The van der Waals surface area contributed by atoms with E-state index in [1.165, 1.54) is 0 Å². The standard InChI is InChI=1S/C21H14N4O3S.Na.H/c26-17-11-18(27)25(14-6-3-5-13(10-14)20-23-21(29)28-24-20)16-9-8-12-4-1-2-7-15(12)19(16)22-17;;/h1-10H,11H2,(H,22,26)(H,23,24,29);;. The van der Waals surface area contributed by atoms with Gasteiger partial charge in [0.05, 0.1) is 11.4 Å². The van der Waals surface area contributed by atoms with Gasteiger partial charge in [-0.3, -0.25) is 19.5 Å². The minimum atomic E-state index is -0.341. The van der Waals surface area contributed by atoms with Crippen molar-refractivity contribution in [3.8, 4) is 11.4 Å². The van der Waals surface area contributed by atoms with Gasteiger partial charge in [0.15, 0.2) is 5.82 Å². The summed E-state index contributed by atoms with van der Waals surface area (Å²) in [5.74, 6) is -0.194. The molecular formula is C21H15N4NaO3S. The molecule has 1 aromatic heterocycles. The van der Waals surface area contributed by atoms with Crippen LogP contribution in [0.15, 0.2) is 65.2 Å². The fraction of sp³-hybridized carbons (Fsp3) is 0.0476. The van der Waals surface area contributed by atoms with Crippen LogP contribution in [0.5, 0.6) is 0 Å². The molecule has 5 rings (SSSR count). The molecule has 1 aliphatic rings. The zero-order valence-corrected chi connectivity index (χ0v) is 15.8. The van der Waals surface area contributed by atoms with Gasteiger partial charge in [0, 0.05) is 16.6 Å². The second kappa shape index (κ2) is 8.16. The van der Waals surface area contributed by atoms with Crippen LogP contribution >= 0.6 is 12.2 Å². The molecule has 0 spiro atoms. The van der Waals surface area contributed by atoms with Crippen LogP contribution in [0.2, 0.25) is 0 Å². The predicted octanol–water partition coefficient (Wildman–Crippen LogP) is 3.91. The molecule has 144 valence electrons. The van der Waals surface area contributed by atoms with Crippen LogP contribution in [-0.2, 0) is 9.59 Å². The van der Waals surface area contributed by atoms with Crippen LogP contribution in [0, 0.1) is 4.84 Å². The third kappa shape index (κ3) is 3.59. The van der Waals surface area contributed by atoms with Gasteiger partial charge in [-0.2, -0.15) is 0 Å². The Morgan fingerprint density at radius 1 is 1.03 bits per heavy atom. The van der Waals surface area contributed by atoms with Crippen molar-refractivity contribution in [1.82, 2.24) is 10.1 Å². The summed E-state index contributed by atoms with van der Waals surface area (Å²) < 4.78 is 4.94. The van der Waals surface area contributed by atoms with Gasteiger partial charge >= 0.3 is 29.6 Å². The normalized spacial score (nSPS) is 13.4. The average molecular weight is 426 g/mol. The number of hydrogen-bond acceptors (Lipinski definition) is 5. The number of carbonyl (C=O) groups is 2. The first-order valence-corrected chi connectivity index (χ1v) is 9.32. The fourth-order valence-corrected chi connectivity index (χ4v) is 3.68. The first kappa shape index (κ1) is 20.5. The Morgan fingerprint density at radius 2 is 1.87 bits per heavy atom. The molecule has 0 saturated carbocycles. The quantitative estimate of drug-likeness (QED) is 0.288. The molecule has 0 fully saturated rings. The fourth-order valence-electron chi connectivity index (χ4n) is 3.54. The van der Waals surface area contributed by atoms with E-state index >= 15 is 0 Å². The number of rotatable bonds is 2. The van der Waals surface area contributed by atoms with Gasteiger partial charge in [-0.05, 0) is 35.8 Å². The summed E-state index contributed by atoms with van der Waals surface area (Å²) in [6.45, 7) is 0. The zero-order valence-electron chi connectivity index (χ0n) is 15.0. The van der Waals surface area contributed by atoms with Crippen molar-refractivity contribution in [2.75, 3.05) is 10.2 Å². The van der Waals surface area contributed by atoms with E-state index in [-0.39, 0.29) is 52.6 Å². The number of aromatic nitrogens is 2. The van der Waals surface area contributed by atoms with Gasteiger partial charge in [0.25, 0.3) is 4.84 Å². The summed E-state index contributed by atoms with van der Waals surface area (Å²) in [6.07, 6.45) is -0.250. The Bertz CT molecular complexity index is 1350. The van der Waals surface area contributed by atoms with E-state index in [4.69, 9.17) is 16.7 Å². The van der Waals surface area contributed by atoms with Gasteiger partial charge in [-0.1, -0.05) is 47.6 Å². The van der Waals surface area contributed by atoms with E-state index in [2.05, 4.69) is 15.5 Å². The van der Waals surface area contributed by atoms with Gasteiger partial charge in [0.2, 0.25) is 11.8 Å². The Hall–Kier alpha value is -2.78. The molecule has 0 radical (unpaired) electrons. The summed E-state index contributed by atoms with van der Waals surface area (Å²) in [5.41, 5.74) is 2.55. The first-order chi connectivity index (χ1) is 14.1. The number of nitrogens with one attached hydrogen (secondary N) is 2. The number of H-pyrrole nitrogens is 1. The minimum absolute atomic E-state index is 0. The topological polar surface area (TPSA) is 91.2 Å². The Morgan fingerprint density at radius 3 is 2.67 bits per heavy atom. The summed E-state index contributed by atoms with van der Waals surface area (Å²) >= 11 is 4.94. The number of nitrogens with zero attached hydrogens (tertiary/aromatic N) is 2. The van der Waals surface area contributed by atoms with E-state index in [0.717, 1.165) is 10.8 Å². The van der Waals surface area contributed by atoms with Crippen molar-refractivity contribution in [3.63, 3.8) is 0 Å². The van der Waals surface area contributed by atoms with Crippen LogP contribution in [0.25, 0.3) is 22.2 Å². The van der Waals surface area contributed by atoms with Crippen LogP contribution in [0.3, 0.4) is 0 Å². The molecular weight excluding hydrogens is 411 g/mol. The van der Waals surface area contributed by atoms with E-state index in [0.29, 0.717) is 28.5 Å². The van der Waals surface area contributed by atoms with Crippen LogP contribution < -0.4 is 10.2 Å².